The monoisotopic (exact) mass is 575 g/mol. The second-order valence-corrected chi connectivity index (χ2v) is 11.4. The number of hydrogen-bond acceptors (Lipinski definition) is 8. The third-order valence-electron chi connectivity index (χ3n) is 5.67. The molecular weight excluding hydrogens is 546 g/mol. The van der Waals surface area contributed by atoms with Crippen LogP contribution in [0.15, 0.2) is 24.3 Å². The molecule has 0 saturated heterocycles. The summed E-state index contributed by atoms with van der Waals surface area (Å²) < 4.78 is 64.3. The number of hydrogen-bond donors (Lipinski definition) is 0. The van der Waals surface area contributed by atoms with E-state index in [9.17, 15) is 23.0 Å². The molecule has 0 radical (unpaired) electrons. The molecule has 0 N–H and O–H groups in total. The molecule has 39 heavy (non-hydrogen) atoms. The maximum Gasteiger partial charge on any atom is 1.00 e. The number of rotatable bonds is 7. The number of fused-ring (bicyclic) bond motifs is 2. The van der Waals surface area contributed by atoms with Gasteiger partial charge in [-0.3, -0.25) is 13.9 Å². The predicted octanol–water partition coefficient (Wildman–Crippen LogP) is 1.49. The molecule has 1 unspecified atom stereocenters. The van der Waals surface area contributed by atoms with Crippen LogP contribution in [0, 0.1) is 18.6 Å². The minimum Gasteiger partial charge on any atom is -0.756 e. The molecule has 10 nitrogen and oxygen atoms in total. The van der Waals surface area contributed by atoms with E-state index in [1.54, 1.807) is 47.9 Å². The first-order chi connectivity index (χ1) is 17.6. The maximum absolute atomic E-state index is 14.8. The van der Waals surface area contributed by atoms with Gasteiger partial charge in [0.15, 0.2) is 0 Å². The van der Waals surface area contributed by atoms with Crippen molar-refractivity contribution >= 4 is 24.8 Å². The van der Waals surface area contributed by atoms with Crippen LogP contribution in [0.4, 0.5) is 8.78 Å². The van der Waals surface area contributed by atoms with Gasteiger partial charge in [0, 0.05) is 38.2 Å². The van der Waals surface area contributed by atoms with Gasteiger partial charge < -0.3 is 28.4 Å². The fraction of sp³-hybridized carbons (Fsp3) is 0.440. The third kappa shape index (κ3) is 7.18. The van der Waals surface area contributed by atoms with Crippen LogP contribution in [0.1, 0.15) is 55.0 Å². The zero-order valence-corrected chi connectivity index (χ0v) is 25.8. The summed E-state index contributed by atoms with van der Waals surface area (Å²) in [6.07, 6.45) is -0.645. The van der Waals surface area contributed by atoms with Gasteiger partial charge in [-0.05, 0) is 39.8 Å². The number of carbonyl (C=O) groups excluding carboxylic acids is 1. The van der Waals surface area contributed by atoms with Gasteiger partial charge in [-0.1, -0.05) is 0 Å². The van der Waals surface area contributed by atoms with E-state index in [-0.39, 0.29) is 71.1 Å². The molecule has 0 spiro atoms. The van der Waals surface area contributed by atoms with Crippen LogP contribution >= 0.6 is 7.82 Å². The largest absolute Gasteiger partial charge is 1.00 e. The summed E-state index contributed by atoms with van der Waals surface area (Å²) in [6, 6.07) is 4.85. The number of carbonyl (C=O) groups is 1. The number of nitrogens with zero attached hydrogens (tertiary/aromatic N) is 3. The van der Waals surface area contributed by atoms with Gasteiger partial charge in [0.1, 0.15) is 47.3 Å². The number of aryl methyl sites for hydroxylation is 1. The van der Waals surface area contributed by atoms with Gasteiger partial charge in [-0.2, -0.15) is 0 Å². The molecule has 0 saturated carbocycles. The molecule has 3 aromatic rings. The SMILES string of the molecule is Cc1nc2cc(C(=O)N(C)C)cc(O[C@H]3CCOc4cc(F)cc(F)c43)c2n1COP(=O)([O-])OC(C)(C)C.[Na+]. The van der Waals surface area contributed by atoms with Crippen molar-refractivity contribution in [2.75, 3.05) is 20.7 Å². The first kappa shape index (κ1) is 31.5. The van der Waals surface area contributed by atoms with Crippen molar-refractivity contribution in [3.05, 3.63) is 52.9 Å². The Kier molecular flexibility index (Phi) is 9.54. The van der Waals surface area contributed by atoms with Crippen LogP contribution in [0.25, 0.3) is 11.0 Å². The summed E-state index contributed by atoms with van der Waals surface area (Å²) in [5, 5.41) is 0. The first-order valence-electron chi connectivity index (χ1n) is 11.8. The topological polar surface area (TPSA) is 115 Å². The van der Waals surface area contributed by atoms with Crippen LogP contribution in [0.5, 0.6) is 11.5 Å². The van der Waals surface area contributed by atoms with Crippen molar-refractivity contribution in [3.63, 3.8) is 0 Å². The molecule has 2 heterocycles. The molecule has 0 fully saturated rings. The van der Waals surface area contributed by atoms with Crippen LogP contribution in [0.3, 0.4) is 0 Å². The van der Waals surface area contributed by atoms with Crippen molar-refractivity contribution in [1.82, 2.24) is 14.5 Å². The quantitative estimate of drug-likeness (QED) is 0.308. The Morgan fingerprint density at radius 3 is 2.59 bits per heavy atom. The average molecular weight is 575 g/mol. The van der Waals surface area contributed by atoms with E-state index in [0.717, 1.165) is 12.1 Å². The number of amides is 1. The van der Waals surface area contributed by atoms with E-state index in [1.165, 1.54) is 15.5 Å². The van der Waals surface area contributed by atoms with Gasteiger partial charge >= 0.3 is 29.6 Å². The van der Waals surface area contributed by atoms with Gasteiger partial charge in [0.25, 0.3) is 13.7 Å². The Bertz CT molecular complexity index is 1440. The Hall–Kier alpha value is -2.05. The Balaban J connectivity index is 0.00000420. The minimum atomic E-state index is -4.70. The van der Waals surface area contributed by atoms with E-state index in [4.69, 9.17) is 18.5 Å². The van der Waals surface area contributed by atoms with E-state index < -0.39 is 37.9 Å². The Morgan fingerprint density at radius 2 is 1.95 bits per heavy atom. The van der Waals surface area contributed by atoms with E-state index in [0.29, 0.717) is 16.9 Å². The summed E-state index contributed by atoms with van der Waals surface area (Å²) in [5.41, 5.74) is -0.0569. The van der Waals surface area contributed by atoms with E-state index in [2.05, 4.69) is 4.98 Å². The molecule has 1 aliphatic heterocycles. The molecule has 0 aliphatic carbocycles. The molecule has 2 aromatic carbocycles. The summed E-state index contributed by atoms with van der Waals surface area (Å²) in [4.78, 5) is 31.0. The number of ether oxygens (including phenoxy) is 2. The van der Waals surface area contributed by atoms with Crippen LogP contribution in [0.2, 0.25) is 0 Å². The number of phosphoric acid groups is 1. The fourth-order valence-electron chi connectivity index (χ4n) is 4.15. The standard InChI is InChI=1S/C25H30F2N3O7P.Na/c1-14-28-18-9-15(24(31)29(5)6)10-21(23(18)30(14)13-35-38(32,33)37-25(2,3)4)36-19-7-8-34-20-12-16(26)11-17(27)22(19)20;/h9-12,19H,7-8,13H2,1-6H3,(H,32,33);/q;+1/p-1/t19-;/m0./s1. The molecule has 4 rings (SSSR count). The third-order valence-corrected chi connectivity index (χ3v) is 6.87. The molecule has 14 heteroatoms. The summed E-state index contributed by atoms with van der Waals surface area (Å²) in [5.74, 6) is -1.42. The molecule has 1 amide bonds. The second kappa shape index (κ2) is 11.8. The fourth-order valence-corrected chi connectivity index (χ4v) is 5.13. The van der Waals surface area contributed by atoms with Crippen molar-refractivity contribution in [2.45, 2.75) is 52.6 Å². The van der Waals surface area contributed by atoms with Crippen molar-refractivity contribution in [3.8, 4) is 11.5 Å². The zero-order chi connectivity index (χ0) is 28.0. The molecule has 0 bridgehead atoms. The second-order valence-electron chi connectivity index (χ2n) is 10.1. The van der Waals surface area contributed by atoms with Gasteiger partial charge in [-0.15, -0.1) is 0 Å². The molecular formula is C25H29F2N3NaO7P. The maximum atomic E-state index is 14.8. The van der Waals surface area contributed by atoms with Crippen LogP contribution < -0.4 is 43.9 Å². The van der Waals surface area contributed by atoms with Gasteiger partial charge in [0.05, 0.1) is 23.3 Å². The van der Waals surface area contributed by atoms with Gasteiger partial charge in [0.2, 0.25) is 0 Å². The van der Waals surface area contributed by atoms with Crippen LogP contribution in [-0.2, 0) is 20.3 Å². The van der Waals surface area contributed by atoms with E-state index in [1.807, 2.05) is 0 Å². The Labute approximate surface area is 247 Å². The number of imidazole rings is 1. The minimum absolute atomic E-state index is 0. The molecule has 1 aromatic heterocycles. The summed E-state index contributed by atoms with van der Waals surface area (Å²) >= 11 is 0. The number of halogens is 2. The number of benzene rings is 2. The first-order valence-corrected chi connectivity index (χ1v) is 13.3. The number of aromatic nitrogens is 2. The normalized spacial score (nSPS) is 16.6. The molecule has 2 atom stereocenters. The summed E-state index contributed by atoms with van der Waals surface area (Å²) in [7, 11) is -1.52. The summed E-state index contributed by atoms with van der Waals surface area (Å²) in [6.45, 7) is 6.01. The number of phosphoric ester groups is 1. The van der Waals surface area contributed by atoms with Crippen LogP contribution in [-0.4, -0.2) is 46.7 Å². The van der Waals surface area contributed by atoms with Crippen molar-refractivity contribution in [1.29, 1.82) is 0 Å². The predicted molar refractivity (Wildman–Crippen MR) is 132 cm³/mol. The molecule has 1 aliphatic rings. The van der Waals surface area contributed by atoms with Gasteiger partial charge in [-0.25, -0.2) is 13.8 Å². The van der Waals surface area contributed by atoms with E-state index >= 15 is 0 Å². The average Bonchev–Trinajstić information content (AvgIpc) is 3.10. The van der Waals surface area contributed by atoms with Crippen molar-refractivity contribution < 1.29 is 71.1 Å². The smallest absolute Gasteiger partial charge is 0.756 e. The van der Waals surface area contributed by atoms with Crippen molar-refractivity contribution in [2.24, 2.45) is 0 Å². The Morgan fingerprint density at radius 1 is 1.26 bits per heavy atom. The zero-order valence-electron chi connectivity index (χ0n) is 22.9. The molecule has 206 valence electrons.